The van der Waals surface area contributed by atoms with Crippen molar-refractivity contribution < 1.29 is 18.7 Å². The van der Waals surface area contributed by atoms with Gasteiger partial charge < -0.3 is 5.11 Å². The molecule has 0 bridgehead atoms. The van der Waals surface area contributed by atoms with Gasteiger partial charge >= 0.3 is 5.97 Å². The number of carbonyl (C=O) groups is 1. The first kappa shape index (κ1) is 10.4. The number of carboxylic acid groups (broad SMARTS) is 1. The lowest BCUT2D eigenvalue weighted by atomic mass is 10.1. The first-order valence-electron chi connectivity index (χ1n) is 3.88. The number of hydrogen-bond donors (Lipinski definition) is 1. The SMILES string of the molecule is CC(=C(F)C(=O)O)c1ccccc1F. The molecule has 0 atom stereocenters. The molecular formula is C10H8F2O2. The Bertz CT molecular complexity index is 397. The van der Waals surface area contributed by atoms with Crippen LogP contribution in [0.25, 0.3) is 5.57 Å². The molecule has 0 radical (unpaired) electrons. The largest absolute Gasteiger partial charge is 0.476 e. The first-order chi connectivity index (χ1) is 6.54. The van der Waals surface area contributed by atoms with Crippen LogP contribution in [-0.2, 0) is 4.79 Å². The van der Waals surface area contributed by atoms with Crippen LogP contribution >= 0.6 is 0 Å². The van der Waals surface area contributed by atoms with Crippen molar-refractivity contribution in [1.29, 1.82) is 0 Å². The average molecular weight is 198 g/mol. The van der Waals surface area contributed by atoms with E-state index in [1.807, 2.05) is 0 Å². The Hall–Kier alpha value is -1.71. The van der Waals surface area contributed by atoms with E-state index < -0.39 is 17.6 Å². The van der Waals surface area contributed by atoms with E-state index in [4.69, 9.17) is 5.11 Å². The number of benzene rings is 1. The molecule has 0 aliphatic heterocycles. The molecule has 0 aliphatic carbocycles. The Kier molecular flexibility index (Phi) is 2.96. The maximum atomic E-state index is 13.1. The highest BCUT2D eigenvalue weighted by atomic mass is 19.1. The number of halogens is 2. The molecule has 1 aromatic carbocycles. The number of aliphatic carboxylic acids is 1. The van der Waals surface area contributed by atoms with E-state index in [0.29, 0.717) is 0 Å². The van der Waals surface area contributed by atoms with Crippen LogP contribution < -0.4 is 0 Å². The number of carboxylic acids is 1. The Balaban J connectivity index is 3.25. The zero-order chi connectivity index (χ0) is 10.7. The Labute approximate surface area is 79.5 Å². The number of allylic oxidation sites excluding steroid dienone is 1. The third kappa shape index (κ3) is 1.96. The van der Waals surface area contributed by atoms with Crippen molar-refractivity contribution in [2.45, 2.75) is 6.92 Å². The van der Waals surface area contributed by atoms with Gasteiger partial charge in [0.15, 0.2) is 0 Å². The fourth-order valence-electron chi connectivity index (χ4n) is 1.04. The molecule has 0 unspecified atom stereocenters. The molecule has 74 valence electrons. The van der Waals surface area contributed by atoms with Crippen LogP contribution in [0.4, 0.5) is 8.78 Å². The summed E-state index contributed by atoms with van der Waals surface area (Å²) < 4.78 is 26.0. The summed E-state index contributed by atoms with van der Waals surface area (Å²) in [5, 5.41) is 8.35. The van der Waals surface area contributed by atoms with E-state index in [0.717, 1.165) is 6.07 Å². The molecule has 0 saturated heterocycles. The third-order valence-corrected chi connectivity index (χ3v) is 1.79. The summed E-state index contributed by atoms with van der Waals surface area (Å²) in [5.41, 5.74) is -0.247. The molecule has 1 N–H and O–H groups in total. The van der Waals surface area contributed by atoms with E-state index in [2.05, 4.69) is 0 Å². The highest BCUT2D eigenvalue weighted by Gasteiger charge is 2.13. The van der Waals surface area contributed by atoms with Crippen LogP contribution in [-0.4, -0.2) is 11.1 Å². The molecule has 1 rings (SSSR count). The quantitative estimate of drug-likeness (QED) is 0.741. The number of rotatable bonds is 2. The van der Waals surface area contributed by atoms with E-state index in [-0.39, 0.29) is 11.1 Å². The normalized spacial score (nSPS) is 12.2. The molecule has 14 heavy (non-hydrogen) atoms. The minimum atomic E-state index is -1.69. The van der Waals surface area contributed by atoms with Crippen molar-refractivity contribution in [1.82, 2.24) is 0 Å². The average Bonchev–Trinajstić information content (AvgIpc) is 2.16. The topological polar surface area (TPSA) is 37.3 Å². The van der Waals surface area contributed by atoms with Crippen LogP contribution in [0.5, 0.6) is 0 Å². The van der Waals surface area contributed by atoms with Crippen molar-refractivity contribution in [3.05, 3.63) is 41.5 Å². The van der Waals surface area contributed by atoms with Crippen LogP contribution in [0.15, 0.2) is 30.1 Å². The second-order valence-electron chi connectivity index (χ2n) is 2.72. The van der Waals surface area contributed by atoms with Gasteiger partial charge in [0, 0.05) is 11.1 Å². The molecule has 0 spiro atoms. The highest BCUT2D eigenvalue weighted by molar-refractivity contribution is 5.93. The van der Waals surface area contributed by atoms with E-state index >= 15 is 0 Å². The maximum absolute atomic E-state index is 13.1. The van der Waals surface area contributed by atoms with Crippen molar-refractivity contribution >= 4 is 11.5 Å². The molecule has 0 heterocycles. The molecule has 0 fully saturated rings. The molecule has 0 aliphatic rings. The van der Waals surface area contributed by atoms with Crippen LogP contribution in [0, 0.1) is 5.82 Å². The standard InChI is InChI=1S/C10H8F2O2/c1-6(9(12)10(13)14)7-4-2-3-5-8(7)11/h2-5H,1H3,(H,13,14). The second kappa shape index (κ2) is 4.00. The van der Waals surface area contributed by atoms with Crippen LogP contribution in [0.1, 0.15) is 12.5 Å². The zero-order valence-electron chi connectivity index (χ0n) is 7.42. The highest BCUT2D eigenvalue weighted by Crippen LogP contribution is 2.21. The van der Waals surface area contributed by atoms with Crippen molar-refractivity contribution in [3.8, 4) is 0 Å². The van der Waals surface area contributed by atoms with Gasteiger partial charge in [0.05, 0.1) is 0 Å². The Morgan fingerprint density at radius 1 is 1.36 bits per heavy atom. The second-order valence-corrected chi connectivity index (χ2v) is 2.72. The molecular weight excluding hydrogens is 190 g/mol. The van der Waals surface area contributed by atoms with Gasteiger partial charge in [-0.2, -0.15) is 4.39 Å². The fraction of sp³-hybridized carbons (Fsp3) is 0.100. The van der Waals surface area contributed by atoms with Gasteiger partial charge in [-0.15, -0.1) is 0 Å². The van der Waals surface area contributed by atoms with Crippen molar-refractivity contribution in [2.75, 3.05) is 0 Å². The molecule has 2 nitrogen and oxygen atoms in total. The lowest BCUT2D eigenvalue weighted by Crippen LogP contribution is -1.99. The lowest BCUT2D eigenvalue weighted by Gasteiger charge is -2.02. The smallest absolute Gasteiger partial charge is 0.365 e. The molecule has 0 saturated carbocycles. The van der Waals surface area contributed by atoms with Crippen molar-refractivity contribution in [2.24, 2.45) is 0 Å². The van der Waals surface area contributed by atoms with Gasteiger partial charge in [0.2, 0.25) is 5.83 Å². The van der Waals surface area contributed by atoms with Gasteiger partial charge in [-0.3, -0.25) is 0 Å². The minimum Gasteiger partial charge on any atom is -0.476 e. The predicted octanol–water partition coefficient (Wildman–Crippen LogP) is 2.61. The minimum absolute atomic E-state index is 0.0348. The van der Waals surface area contributed by atoms with Gasteiger partial charge in [-0.05, 0) is 13.0 Å². The fourth-order valence-corrected chi connectivity index (χ4v) is 1.04. The summed E-state index contributed by atoms with van der Waals surface area (Å²) in [5.74, 6) is -3.66. The van der Waals surface area contributed by atoms with E-state index in [1.165, 1.54) is 25.1 Å². The summed E-state index contributed by atoms with van der Waals surface area (Å²) in [7, 11) is 0. The Morgan fingerprint density at radius 3 is 2.43 bits per heavy atom. The molecule has 1 aromatic rings. The predicted molar refractivity (Wildman–Crippen MR) is 47.7 cm³/mol. The van der Waals surface area contributed by atoms with Gasteiger partial charge in [-0.1, -0.05) is 18.2 Å². The molecule has 4 heteroatoms. The Morgan fingerprint density at radius 2 is 1.93 bits per heavy atom. The van der Waals surface area contributed by atoms with E-state index in [9.17, 15) is 13.6 Å². The summed E-state index contributed by atoms with van der Waals surface area (Å²) in [4.78, 5) is 10.3. The van der Waals surface area contributed by atoms with Gasteiger partial charge in [0.1, 0.15) is 5.82 Å². The van der Waals surface area contributed by atoms with Gasteiger partial charge in [-0.25, -0.2) is 9.18 Å². The summed E-state index contributed by atoms with van der Waals surface area (Å²) in [6.07, 6.45) is 0. The summed E-state index contributed by atoms with van der Waals surface area (Å²) >= 11 is 0. The number of hydrogen-bond acceptors (Lipinski definition) is 1. The summed E-state index contributed by atoms with van der Waals surface area (Å²) in [6, 6.07) is 5.43. The monoisotopic (exact) mass is 198 g/mol. The van der Waals surface area contributed by atoms with Gasteiger partial charge in [0.25, 0.3) is 0 Å². The molecule has 0 aromatic heterocycles. The van der Waals surface area contributed by atoms with Crippen LogP contribution in [0.3, 0.4) is 0 Å². The summed E-state index contributed by atoms with van der Waals surface area (Å²) in [6.45, 7) is 1.22. The third-order valence-electron chi connectivity index (χ3n) is 1.79. The van der Waals surface area contributed by atoms with E-state index in [1.54, 1.807) is 0 Å². The maximum Gasteiger partial charge on any atom is 0.365 e. The molecule has 0 amide bonds. The zero-order valence-corrected chi connectivity index (χ0v) is 7.42. The van der Waals surface area contributed by atoms with Crippen molar-refractivity contribution in [3.63, 3.8) is 0 Å². The first-order valence-corrected chi connectivity index (χ1v) is 3.88. The lowest BCUT2D eigenvalue weighted by molar-refractivity contribution is -0.134. The van der Waals surface area contributed by atoms with Crippen LogP contribution in [0.2, 0.25) is 0 Å².